The molecule has 2 aromatic rings. The monoisotopic (exact) mass is 344 g/mol. The summed E-state index contributed by atoms with van der Waals surface area (Å²) in [6, 6.07) is 11.2. The minimum absolute atomic E-state index is 0.0212. The number of nitrogens with one attached hydrogen (secondary N) is 1. The van der Waals surface area contributed by atoms with Crippen molar-refractivity contribution in [2.45, 2.75) is 38.6 Å². The number of likely N-dealkylation sites (tertiary alicyclic amines) is 1. The number of halogens is 1. The number of anilines is 2. The van der Waals surface area contributed by atoms with Gasteiger partial charge in [0.15, 0.2) is 11.5 Å². The molecular weight excluding hydrogens is 324 g/mol. The Morgan fingerprint density at radius 1 is 1.21 bits per heavy atom. The van der Waals surface area contributed by atoms with Gasteiger partial charge in [0.1, 0.15) is 0 Å². The standard InChI is InChI=1S/C18H21ClN4O/c1-2-15-5-3-4-12-23(15)18(24)16-10-11-17(22-21-16)20-14-8-6-13(19)7-9-14/h6-11,15H,2-5,12H2,1H3,(H,20,22). The molecule has 0 bridgehead atoms. The zero-order chi connectivity index (χ0) is 16.9. The van der Waals surface area contributed by atoms with E-state index in [4.69, 9.17) is 11.6 Å². The normalized spacial score (nSPS) is 17.6. The van der Waals surface area contributed by atoms with Crippen LogP contribution >= 0.6 is 11.6 Å². The fourth-order valence-electron chi connectivity index (χ4n) is 3.03. The lowest BCUT2D eigenvalue weighted by Crippen LogP contribution is -2.43. The predicted octanol–water partition coefficient (Wildman–Crippen LogP) is 4.28. The van der Waals surface area contributed by atoms with Crippen molar-refractivity contribution < 1.29 is 4.79 Å². The number of hydrogen-bond acceptors (Lipinski definition) is 4. The van der Waals surface area contributed by atoms with E-state index in [0.717, 1.165) is 31.5 Å². The van der Waals surface area contributed by atoms with Crippen molar-refractivity contribution in [2.75, 3.05) is 11.9 Å². The minimum Gasteiger partial charge on any atom is -0.339 e. The van der Waals surface area contributed by atoms with Crippen LogP contribution in [0, 0.1) is 0 Å². The maximum absolute atomic E-state index is 12.7. The molecule has 1 aliphatic rings. The van der Waals surface area contributed by atoms with Crippen LogP contribution in [0.4, 0.5) is 11.5 Å². The van der Waals surface area contributed by atoms with Gasteiger partial charge in [-0.2, -0.15) is 0 Å². The molecule has 1 fully saturated rings. The summed E-state index contributed by atoms with van der Waals surface area (Å²) in [6.45, 7) is 2.94. The molecule has 5 nitrogen and oxygen atoms in total. The summed E-state index contributed by atoms with van der Waals surface area (Å²) in [4.78, 5) is 14.6. The summed E-state index contributed by atoms with van der Waals surface area (Å²) in [7, 11) is 0. The molecule has 1 saturated heterocycles. The summed E-state index contributed by atoms with van der Waals surface area (Å²) in [5, 5.41) is 12.0. The first-order chi connectivity index (χ1) is 11.7. The van der Waals surface area contributed by atoms with E-state index in [0.29, 0.717) is 22.6 Å². The highest BCUT2D eigenvalue weighted by atomic mass is 35.5. The third kappa shape index (κ3) is 3.85. The molecule has 1 unspecified atom stereocenters. The Balaban J connectivity index is 1.69. The maximum atomic E-state index is 12.7. The molecule has 1 amide bonds. The molecule has 2 heterocycles. The number of hydrogen-bond donors (Lipinski definition) is 1. The van der Waals surface area contributed by atoms with Crippen molar-refractivity contribution in [1.82, 2.24) is 15.1 Å². The van der Waals surface area contributed by atoms with Gasteiger partial charge in [-0.1, -0.05) is 18.5 Å². The SMILES string of the molecule is CCC1CCCCN1C(=O)c1ccc(Nc2ccc(Cl)cc2)nn1. The molecule has 3 rings (SSSR count). The van der Waals surface area contributed by atoms with Gasteiger partial charge in [0.2, 0.25) is 0 Å². The molecule has 0 saturated carbocycles. The molecule has 6 heteroatoms. The third-order valence-corrected chi connectivity index (χ3v) is 4.61. The fraction of sp³-hybridized carbons (Fsp3) is 0.389. The lowest BCUT2D eigenvalue weighted by Gasteiger charge is -2.34. The van der Waals surface area contributed by atoms with Crippen LogP contribution in [-0.2, 0) is 0 Å². The first-order valence-electron chi connectivity index (χ1n) is 8.34. The average Bonchev–Trinajstić information content (AvgIpc) is 2.63. The van der Waals surface area contributed by atoms with Crippen LogP contribution < -0.4 is 5.32 Å². The molecule has 0 spiro atoms. The quantitative estimate of drug-likeness (QED) is 0.899. The summed E-state index contributed by atoms with van der Waals surface area (Å²) < 4.78 is 0. The number of piperidine rings is 1. The van der Waals surface area contributed by atoms with Crippen molar-refractivity contribution in [3.8, 4) is 0 Å². The lowest BCUT2D eigenvalue weighted by molar-refractivity contribution is 0.0601. The highest BCUT2D eigenvalue weighted by molar-refractivity contribution is 6.30. The summed E-state index contributed by atoms with van der Waals surface area (Å²) in [6.07, 6.45) is 4.31. The van der Waals surface area contributed by atoms with E-state index in [2.05, 4.69) is 22.4 Å². The second-order valence-corrected chi connectivity index (χ2v) is 6.43. The first kappa shape index (κ1) is 16.7. The summed E-state index contributed by atoms with van der Waals surface area (Å²) in [5.74, 6) is 0.576. The Morgan fingerprint density at radius 2 is 2.00 bits per heavy atom. The fourth-order valence-corrected chi connectivity index (χ4v) is 3.16. The van der Waals surface area contributed by atoms with Gasteiger partial charge in [-0.25, -0.2) is 0 Å². The van der Waals surface area contributed by atoms with Crippen molar-refractivity contribution in [2.24, 2.45) is 0 Å². The minimum atomic E-state index is -0.0212. The molecule has 0 aliphatic carbocycles. The number of nitrogens with zero attached hydrogens (tertiary/aromatic N) is 3. The van der Waals surface area contributed by atoms with Gasteiger partial charge in [0, 0.05) is 23.3 Å². The Morgan fingerprint density at radius 3 is 2.67 bits per heavy atom. The van der Waals surface area contributed by atoms with E-state index in [-0.39, 0.29) is 5.91 Å². The number of aromatic nitrogens is 2. The van der Waals surface area contributed by atoms with Crippen molar-refractivity contribution in [3.05, 3.63) is 47.1 Å². The van der Waals surface area contributed by atoms with Crippen molar-refractivity contribution in [3.63, 3.8) is 0 Å². The summed E-state index contributed by atoms with van der Waals surface area (Å²) in [5.41, 5.74) is 1.27. The van der Waals surface area contributed by atoms with Crippen LogP contribution in [0.25, 0.3) is 0 Å². The van der Waals surface area contributed by atoms with Gasteiger partial charge in [0.05, 0.1) is 0 Å². The van der Waals surface area contributed by atoms with Crippen LogP contribution in [0.15, 0.2) is 36.4 Å². The Bertz CT molecular complexity index is 687. The van der Waals surface area contributed by atoms with Crippen LogP contribution in [0.2, 0.25) is 5.02 Å². The molecular formula is C18H21ClN4O. The Labute approximate surface area is 147 Å². The highest BCUT2D eigenvalue weighted by Gasteiger charge is 2.27. The third-order valence-electron chi connectivity index (χ3n) is 4.36. The number of rotatable bonds is 4. The topological polar surface area (TPSA) is 58.1 Å². The smallest absolute Gasteiger partial charge is 0.274 e. The largest absolute Gasteiger partial charge is 0.339 e. The van der Waals surface area contributed by atoms with Crippen molar-refractivity contribution in [1.29, 1.82) is 0 Å². The van der Waals surface area contributed by atoms with Gasteiger partial charge in [-0.05, 0) is 62.1 Å². The van der Waals surface area contributed by atoms with Gasteiger partial charge < -0.3 is 10.2 Å². The molecule has 0 radical (unpaired) electrons. The van der Waals surface area contributed by atoms with Crippen LogP contribution in [0.3, 0.4) is 0 Å². The number of carbonyl (C=O) groups excluding carboxylic acids is 1. The number of amides is 1. The van der Waals surface area contributed by atoms with Crippen LogP contribution in [0.5, 0.6) is 0 Å². The Hall–Kier alpha value is -2.14. The zero-order valence-electron chi connectivity index (χ0n) is 13.7. The number of benzene rings is 1. The molecule has 24 heavy (non-hydrogen) atoms. The second kappa shape index (κ2) is 7.62. The lowest BCUT2D eigenvalue weighted by atomic mass is 9.99. The average molecular weight is 345 g/mol. The maximum Gasteiger partial charge on any atom is 0.274 e. The van der Waals surface area contributed by atoms with E-state index < -0.39 is 0 Å². The van der Waals surface area contributed by atoms with Crippen molar-refractivity contribution >= 4 is 29.0 Å². The predicted molar refractivity (Wildman–Crippen MR) is 95.7 cm³/mol. The van der Waals surface area contributed by atoms with E-state index in [9.17, 15) is 4.79 Å². The van der Waals surface area contributed by atoms with Gasteiger partial charge in [-0.15, -0.1) is 10.2 Å². The van der Waals surface area contributed by atoms with E-state index in [1.807, 2.05) is 17.0 Å². The summed E-state index contributed by atoms with van der Waals surface area (Å²) >= 11 is 5.87. The molecule has 1 aromatic heterocycles. The van der Waals surface area contributed by atoms with E-state index in [1.54, 1.807) is 24.3 Å². The van der Waals surface area contributed by atoms with Gasteiger partial charge in [-0.3, -0.25) is 4.79 Å². The van der Waals surface area contributed by atoms with E-state index >= 15 is 0 Å². The van der Waals surface area contributed by atoms with Crippen LogP contribution in [0.1, 0.15) is 43.1 Å². The number of carbonyl (C=O) groups is 1. The highest BCUT2D eigenvalue weighted by Crippen LogP contribution is 2.22. The van der Waals surface area contributed by atoms with Gasteiger partial charge >= 0.3 is 0 Å². The molecule has 1 aliphatic heterocycles. The van der Waals surface area contributed by atoms with Crippen LogP contribution in [-0.4, -0.2) is 33.6 Å². The van der Waals surface area contributed by atoms with E-state index in [1.165, 1.54) is 6.42 Å². The molecule has 126 valence electrons. The molecule has 1 aromatic carbocycles. The molecule has 1 N–H and O–H groups in total. The first-order valence-corrected chi connectivity index (χ1v) is 8.72. The zero-order valence-corrected chi connectivity index (χ0v) is 14.5. The van der Waals surface area contributed by atoms with Gasteiger partial charge in [0.25, 0.3) is 5.91 Å². The second-order valence-electron chi connectivity index (χ2n) is 5.99. The Kier molecular flexibility index (Phi) is 5.30. The molecule has 1 atom stereocenters.